The predicted octanol–water partition coefficient (Wildman–Crippen LogP) is 0.435. The van der Waals surface area contributed by atoms with E-state index in [1.165, 1.54) is 18.0 Å². The molecule has 0 spiro atoms. The van der Waals surface area contributed by atoms with Crippen molar-refractivity contribution in [3.8, 4) is 0 Å². The molecule has 0 saturated carbocycles. The highest BCUT2D eigenvalue weighted by molar-refractivity contribution is 5.92. The average Bonchev–Trinajstić information content (AvgIpc) is 3.05. The molecule has 1 fully saturated rings. The molecule has 7 heteroatoms. The minimum atomic E-state index is -0.600. The lowest BCUT2D eigenvalue weighted by Crippen LogP contribution is -2.34. The second-order valence-corrected chi connectivity index (χ2v) is 4.59. The van der Waals surface area contributed by atoms with Gasteiger partial charge in [0.15, 0.2) is 5.69 Å². The van der Waals surface area contributed by atoms with Crippen molar-refractivity contribution in [1.82, 2.24) is 14.5 Å². The van der Waals surface area contributed by atoms with Crippen molar-refractivity contribution in [2.45, 2.75) is 25.8 Å². The van der Waals surface area contributed by atoms with E-state index in [1.807, 2.05) is 4.90 Å². The van der Waals surface area contributed by atoms with Crippen LogP contribution < -0.4 is 5.73 Å². The van der Waals surface area contributed by atoms with Crippen molar-refractivity contribution in [2.75, 3.05) is 25.9 Å². The maximum absolute atomic E-state index is 12.3. The summed E-state index contributed by atoms with van der Waals surface area (Å²) in [5.41, 5.74) is 5.89. The molecular weight excluding hydrogens is 248 g/mol. The zero-order valence-corrected chi connectivity index (χ0v) is 11.1. The summed E-state index contributed by atoms with van der Waals surface area (Å²) in [7, 11) is 1.26. The summed E-state index contributed by atoms with van der Waals surface area (Å²) in [5.74, 6) is -0.443. The Morgan fingerprint density at radius 3 is 2.63 bits per heavy atom. The number of anilines is 1. The molecule has 0 aromatic carbocycles. The first kappa shape index (κ1) is 13.4. The second-order valence-electron chi connectivity index (χ2n) is 4.59. The molecule has 0 bridgehead atoms. The van der Waals surface area contributed by atoms with Gasteiger partial charge in [-0.25, -0.2) is 9.78 Å². The van der Waals surface area contributed by atoms with Crippen LogP contribution in [-0.2, 0) is 9.53 Å². The molecule has 0 aliphatic carbocycles. The summed E-state index contributed by atoms with van der Waals surface area (Å²) in [4.78, 5) is 29.4. The lowest BCUT2D eigenvalue weighted by molar-refractivity contribution is -0.133. The van der Waals surface area contributed by atoms with E-state index in [9.17, 15) is 9.59 Å². The highest BCUT2D eigenvalue weighted by Crippen LogP contribution is 2.21. The van der Waals surface area contributed by atoms with Crippen LogP contribution in [0.4, 0.5) is 5.82 Å². The fraction of sp³-hybridized carbons (Fsp3) is 0.583. The smallest absolute Gasteiger partial charge is 0.360 e. The Labute approximate surface area is 111 Å². The summed E-state index contributed by atoms with van der Waals surface area (Å²) in [6.45, 7) is 3.31. The molecule has 1 atom stereocenters. The Hall–Kier alpha value is -2.05. The lowest BCUT2D eigenvalue weighted by Gasteiger charge is -2.21. The van der Waals surface area contributed by atoms with Gasteiger partial charge in [-0.1, -0.05) is 0 Å². The summed E-state index contributed by atoms with van der Waals surface area (Å²) >= 11 is 0. The number of hydrogen-bond donors (Lipinski definition) is 1. The first-order valence-corrected chi connectivity index (χ1v) is 6.25. The Balaban J connectivity index is 2.19. The molecule has 1 aliphatic rings. The number of nitrogens with two attached hydrogens (primary N) is 1. The van der Waals surface area contributed by atoms with Crippen LogP contribution in [0.1, 0.15) is 36.3 Å². The van der Waals surface area contributed by atoms with Crippen molar-refractivity contribution >= 4 is 17.7 Å². The summed E-state index contributed by atoms with van der Waals surface area (Å²) in [6, 6.07) is -0.469. The van der Waals surface area contributed by atoms with Crippen LogP contribution in [0.2, 0.25) is 0 Å². The van der Waals surface area contributed by atoms with Crippen LogP contribution in [0.15, 0.2) is 6.33 Å². The Kier molecular flexibility index (Phi) is 3.73. The molecule has 2 N–H and O–H groups in total. The maximum atomic E-state index is 12.3. The van der Waals surface area contributed by atoms with Gasteiger partial charge >= 0.3 is 5.97 Å². The van der Waals surface area contributed by atoms with E-state index < -0.39 is 12.0 Å². The van der Waals surface area contributed by atoms with Gasteiger partial charge < -0.3 is 19.9 Å². The molecule has 1 aromatic rings. The number of rotatable bonds is 3. The number of ether oxygens (including phenoxy) is 1. The van der Waals surface area contributed by atoms with Gasteiger partial charge in [0.1, 0.15) is 11.9 Å². The van der Waals surface area contributed by atoms with Gasteiger partial charge in [0.05, 0.1) is 13.4 Å². The molecule has 1 amide bonds. The SMILES string of the molecule is COC(=O)c1ncn(C(C)C(=O)N2CCCC2)c1N. The highest BCUT2D eigenvalue weighted by Gasteiger charge is 2.27. The van der Waals surface area contributed by atoms with Crippen LogP contribution in [0.25, 0.3) is 0 Å². The topological polar surface area (TPSA) is 90.4 Å². The molecule has 0 radical (unpaired) electrons. The number of amides is 1. The highest BCUT2D eigenvalue weighted by atomic mass is 16.5. The van der Waals surface area contributed by atoms with E-state index in [4.69, 9.17) is 5.73 Å². The fourth-order valence-corrected chi connectivity index (χ4v) is 2.25. The third kappa shape index (κ3) is 2.40. The number of nitrogen functional groups attached to an aromatic ring is 1. The van der Waals surface area contributed by atoms with Crippen LogP contribution in [0.3, 0.4) is 0 Å². The zero-order valence-electron chi connectivity index (χ0n) is 11.1. The van der Waals surface area contributed by atoms with Crippen LogP contribution in [-0.4, -0.2) is 46.5 Å². The van der Waals surface area contributed by atoms with Crippen LogP contribution >= 0.6 is 0 Å². The molecular formula is C12H18N4O3. The minimum Gasteiger partial charge on any atom is -0.464 e. The molecule has 1 saturated heterocycles. The second kappa shape index (κ2) is 5.29. The summed E-state index contributed by atoms with van der Waals surface area (Å²) in [5, 5.41) is 0. The zero-order chi connectivity index (χ0) is 14.0. The molecule has 1 unspecified atom stereocenters. The number of carbonyl (C=O) groups is 2. The van der Waals surface area contributed by atoms with Crippen LogP contribution in [0.5, 0.6) is 0 Å². The first-order chi connectivity index (χ1) is 9.06. The van der Waals surface area contributed by atoms with E-state index in [2.05, 4.69) is 9.72 Å². The molecule has 19 heavy (non-hydrogen) atoms. The number of likely N-dealkylation sites (tertiary alicyclic amines) is 1. The number of carbonyl (C=O) groups excluding carboxylic acids is 2. The van der Waals surface area contributed by atoms with Crippen molar-refractivity contribution < 1.29 is 14.3 Å². The van der Waals surface area contributed by atoms with Gasteiger partial charge in [-0.15, -0.1) is 0 Å². The number of aromatic nitrogens is 2. The van der Waals surface area contributed by atoms with Crippen molar-refractivity contribution in [3.05, 3.63) is 12.0 Å². The number of nitrogens with zero attached hydrogens (tertiary/aromatic N) is 3. The fourth-order valence-electron chi connectivity index (χ4n) is 2.25. The van der Waals surface area contributed by atoms with Gasteiger partial charge in [-0.3, -0.25) is 4.79 Å². The predicted molar refractivity (Wildman–Crippen MR) is 68.5 cm³/mol. The molecule has 104 valence electrons. The molecule has 1 aromatic heterocycles. The van der Waals surface area contributed by atoms with Crippen molar-refractivity contribution in [1.29, 1.82) is 0 Å². The van der Waals surface area contributed by atoms with E-state index in [-0.39, 0.29) is 17.4 Å². The third-order valence-electron chi connectivity index (χ3n) is 3.40. The normalized spacial score (nSPS) is 16.4. The van der Waals surface area contributed by atoms with Gasteiger partial charge in [-0.2, -0.15) is 0 Å². The quantitative estimate of drug-likeness (QED) is 0.801. The van der Waals surface area contributed by atoms with E-state index in [0.717, 1.165) is 25.9 Å². The van der Waals surface area contributed by atoms with Gasteiger partial charge in [-0.05, 0) is 19.8 Å². The maximum Gasteiger partial charge on any atom is 0.360 e. The Morgan fingerprint density at radius 2 is 2.05 bits per heavy atom. The number of esters is 1. The van der Waals surface area contributed by atoms with E-state index in [0.29, 0.717) is 0 Å². The van der Waals surface area contributed by atoms with Crippen molar-refractivity contribution in [2.24, 2.45) is 0 Å². The first-order valence-electron chi connectivity index (χ1n) is 6.25. The minimum absolute atomic E-state index is 0.00184. The monoisotopic (exact) mass is 266 g/mol. The van der Waals surface area contributed by atoms with Gasteiger partial charge in [0, 0.05) is 13.1 Å². The van der Waals surface area contributed by atoms with Crippen LogP contribution in [0, 0.1) is 0 Å². The Bertz CT molecular complexity index is 491. The van der Waals surface area contributed by atoms with E-state index >= 15 is 0 Å². The largest absolute Gasteiger partial charge is 0.464 e. The standard InChI is InChI=1S/C12H18N4O3/c1-8(11(17)15-5-3-4-6-15)16-7-14-9(10(16)13)12(18)19-2/h7-8H,3-6,13H2,1-2H3. The number of hydrogen-bond acceptors (Lipinski definition) is 5. The average molecular weight is 266 g/mol. The number of imidazole rings is 1. The Morgan fingerprint density at radius 1 is 1.42 bits per heavy atom. The number of methoxy groups -OCH3 is 1. The summed E-state index contributed by atoms with van der Waals surface area (Å²) in [6.07, 6.45) is 3.47. The van der Waals surface area contributed by atoms with Gasteiger partial charge in [0.25, 0.3) is 0 Å². The lowest BCUT2D eigenvalue weighted by atomic mass is 10.3. The molecule has 1 aliphatic heterocycles. The molecule has 7 nitrogen and oxygen atoms in total. The third-order valence-corrected chi connectivity index (χ3v) is 3.40. The molecule has 2 heterocycles. The van der Waals surface area contributed by atoms with Gasteiger partial charge in [0.2, 0.25) is 5.91 Å². The van der Waals surface area contributed by atoms with E-state index in [1.54, 1.807) is 6.92 Å². The molecule has 2 rings (SSSR count). The van der Waals surface area contributed by atoms with Crippen molar-refractivity contribution in [3.63, 3.8) is 0 Å². The summed E-state index contributed by atoms with van der Waals surface area (Å²) < 4.78 is 6.09.